The van der Waals surface area contributed by atoms with Crippen molar-refractivity contribution in [3.8, 4) is 0 Å². The summed E-state index contributed by atoms with van der Waals surface area (Å²) in [5.41, 5.74) is 0.601. The van der Waals surface area contributed by atoms with Crippen molar-refractivity contribution in [1.29, 1.82) is 0 Å². The molecule has 0 spiro atoms. The lowest BCUT2D eigenvalue weighted by molar-refractivity contribution is 0.0314. The van der Waals surface area contributed by atoms with Gasteiger partial charge in [0.25, 0.3) is 0 Å². The van der Waals surface area contributed by atoms with Crippen LogP contribution in [0.4, 0.5) is 5.69 Å². The molecule has 1 aromatic rings. The molecule has 1 atom stereocenters. The fraction of sp³-hybridized carbons (Fsp3) is 0.615. The van der Waals surface area contributed by atoms with Crippen molar-refractivity contribution in [3.05, 3.63) is 18.5 Å². The molecule has 20 heavy (non-hydrogen) atoms. The van der Waals surface area contributed by atoms with Crippen LogP contribution in [-0.4, -0.2) is 50.1 Å². The number of rotatable bonds is 5. The second-order valence-electron chi connectivity index (χ2n) is 4.65. The van der Waals surface area contributed by atoms with Gasteiger partial charge in [-0.1, -0.05) is 6.92 Å². The van der Waals surface area contributed by atoms with E-state index < -0.39 is 10.0 Å². The zero-order valence-electron chi connectivity index (χ0n) is 11.9. The van der Waals surface area contributed by atoms with Crippen molar-refractivity contribution in [2.24, 2.45) is 0 Å². The Labute approximate surface area is 120 Å². The van der Waals surface area contributed by atoms with Crippen LogP contribution in [0.3, 0.4) is 0 Å². The average molecular weight is 299 g/mol. The third kappa shape index (κ3) is 2.94. The third-order valence-electron chi connectivity index (χ3n) is 3.38. The number of hydrogen-bond donors (Lipinski definition) is 1. The first-order valence-electron chi connectivity index (χ1n) is 6.88. The summed E-state index contributed by atoms with van der Waals surface area (Å²) >= 11 is 0. The molecule has 0 aromatic carbocycles. The van der Waals surface area contributed by atoms with Crippen LogP contribution in [0.1, 0.15) is 20.3 Å². The SMILES string of the molecule is CCNc1ccncc1S(=O)(=O)N1CCOCC1CC. The van der Waals surface area contributed by atoms with Crippen LogP contribution >= 0.6 is 0 Å². The average Bonchev–Trinajstić information content (AvgIpc) is 2.48. The zero-order valence-corrected chi connectivity index (χ0v) is 12.7. The molecule has 0 amide bonds. The molecule has 2 heterocycles. The summed E-state index contributed by atoms with van der Waals surface area (Å²) in [6, 6.07) is 1.58. The van der Waals surface area contributed by atoms with E-state index in [1.165, 1.54) is 10.5 Å². The van der Waals surface area contributed by atoms with Gasteiger partial charge in [0.05, 0.1) is 18.9 Å². The van der Waals surface area contributed by atoms with Crippen molar-refractivity contribution >= 4 is 15.7 Å². The van der Waals surface area contributed by atoms with Gasteiger partial charge in [0, 0.05) is 31.5 Å². The molecular weight excluding hydrogens is 278 g/mol. The lowest BCUT2D eigenvalue weighted by Crippen LogP contribution is -2.48. The summed E-state index contributed by atoms with van der Waals surface area (Å²) in [5.74, 6) is 0. The van der Waals surface area contributed by atoms with Crippen molar-refractivity contribution < 1.29 is 13.2 Å². The van der Waals surface area contributed by atoms with Gasteiger partial charge in [-0.2, -0.15) is 4.31 Å². The van der Waals surface area contributed by atoms with Gasteiger partial charge in [0.1, 0.15) is 4.90 Å². The number of nitrogens with one attached hydrogen (secondary N) is 1. The first-order chi connectivity index (χ1) is 9.61. The number of ether oxygens (including phenoxy) is 1. The van der Waals surface area contributed by atoms with Gasteiger partial charge in [0.15, 0.2) is 0 Å². The highest BCUT2D eigenvalue weighted by atomic mass is 32.2. The molecular formula is C13H21N3O3S. The second-order valence-corrected chi connectivity index (χ2v) is 6.51. The Morgan fingerprint density at radius 1 is 1.50 bits per heavy atom. The van der Waals surface area contributed by atoms with Crippen molar-refractivity contribution in [2.45, 2.75) is 31.2 Å². The Bertz CT molecular complexity index is 548. The Kier molecular flexibility index (Phi) is 4.95. The van der Waals surface area contributed by atoms with Crippen LogP contribution in [0.15, 0.2) is 23.4 Å². The predicted octanol–water partition coefficient (Wildman–Crippen LogP) is 1.31. The number of aromatic nitrogens is 1. The minimum Gasteiger partial charge on any atom is -0.384 e. The molecule has 0 bridgehead atoms. The van der Waals surface area contributed by atoms with Crippen LogP contribution in [0, 0.1) is 0 Å². The van der Waals surface area contributed by atoms with E-state index in [2.05, 4.69) is 10.3 Å². The second kappa shape index (κ2) is 6.51. The Morgan fingerprint density at radius 2 is 2.30 bits per heavy atom. The van der Waals surface area contributed by atoms with Crippen LogP contribution in [0.5, 0.6) is 0 Å². The molecule has 1 saturated heterocycles. The Hall–Kier alpha value is -1.18. The Balaban J connectivity index is 2.38. The molecule has 112 valence electrons. The highest BCUT2D eigenvalue weighted by molar-refractivity contribution is 7.89. The molecule has 1 aliphatic heterocycles. The number of hydrogen-bond acceptors (Lipinski definition) is 5. The molecule has 1 aromatic heterocycles. The monoisotopic (exact) mass is 299 g/mol. The van der Waals surface area contributed by atoms with Crippen LogP contribution < -0.4 is 5.32 Å². The molecule has 2 rings (SSSR count). The smallest absolute Gasteiger partial charge is 0.247 e. The zero-order chi connectivity index (χ0) is 14.6. The van der Waals surface area contributed by atoms with E-state index in [9.17, 15) is 8.42 Å². The van der Waals surface area contributed by atoms with Crippen LogP contribution in [-0.2, 0) is 14.8 Å². The van der Waals surface area contributed by atoms with E-state index in [4.69, 9.17) is 4.74 Å². The minimum atomic E-state index is -3.55. The summed E-state index contributed by atoms with van der Waals surface area (Å²) in [5, 5.41) is 3.08. The molecule has 1 N–H and O–H groups in total. The third-order valence-corrected chi connectivity index (χ3v) is 5.36. The fourth-order valence-electron chi connectivity index (χ4n) is 2.33. The largest absolute Gasteiger partial charge is 0.384 e. The summed E-state index contributed by atoms with van der Waals surface area (Å²) in [4.78, 5) is 4.20. The maximum atomic E-state index is 12.8. The summed E-state index contributed by atoms with van der Waals surface area (Å²) in [6.45, 7) is 5.84. The maximum absolute atomic E-state index is 12.8. The van der Waals surface area contributed by atoms with E-state index in [-0.39, 0.29) is 10.9 Å². The molecule has 7 heteroatoms. The van der Waals surface area contributed by atoms with E-state index in [1.54, 1.807) is 12.3 Å². The van der Waals surface area contributed by atoms with Gasteiger partial charge in [-0.05, 0) is 19.4 Å². The highest BCUT2D eigenvalue weighted by Gasteiger charge is 2.34. The number of pyridine rings is 1. The summed E-state index contributed by atoms with van der Waals surface area (Å²) < 4.78 is 32.6. The minimum absolute atomic E-state index is 0.108. The van der Waals surface area contributed by atoms with Crippen molar-refractivity contribution in [2.75, 3.05) is 31.6 Å². The molecule has 1 unspecified atom stereocenters. The van der Waals surface area contributed by atoms with Gasteiger partial charge in [0.2, 0.25) is 10.0 Å². The van der Waals surface area contributed by atoms with Crippen LogP contribution in [0.2, 0.25) is 0 Å². The molecule has 0 saturated carbocycles. The maximum Gasteiger partial charge on any atom is 0.247 e. The summed E-state index contributed by atoms with van der Waals surface area (Å²) in [6.07, 6.45) is 3.74. The standard InChI is InChI=1S/C13H21N3O3S/c1-3-11-10-19-8-7-16(11)20(17,18)13-9-14-6-5-12(13)15-4-2/h5-6,9,11H,3-4,7-8,10H2,1-2H3,(H,14,15). The molecule has 0 radical (unpaired) electrons. The highest BCUT2D eigenvalue weighted by Crippen LogP contribution is 2.26. The lowest BCUT2D eigenvalue weighted by Gasteiger charge is -2.34. The normalized spacial score (nSPS) is 20.8. The van der Waals surface area contributed by atoms with E-state index in [0.29, 0.717) is 32.0 Å². The van der Waals surface area contributed by atoms with Gasteiger partial charge in [-0.25, -0.2) is 8.42 Å². The van der Waals surface area contributed by atoms with Crippen molar-refractivity contribution in [3.63, 3.8) is 0 Å². The quantitative estimate of drug-likeness (QED) is 0.887. The lowest BCUT2D eigenvalue weighted by atomic mass is 10.2. The topological polar surface area (TPSA) is 71.5 Å². The number of nitrogens with zero attached hydrogens (tertiary/aromatic N) is 2. The van der Waals surface area contributed by atoms with Gasteiger partial charge in [-0.3, -0.25) is 4.98 Å². The number of sulfonamides is 1. The van der Waals surface area contributed by atoms with E-state index >= 15 is 0 Å². The number of anilines is 1. The van der Waals surface area contributed by atoms with Gasteiger partial charge >= 0.3 is 0 Å². The van der Waals surface area contributed by atoms with Gasteiger partial charge < -0.3 is 10.1 Å². The van der Waals surface area contributed by atoms with Crippen LogP contribution in [0.25, 0.3) is 0 Å². The first-order valence-corrected chi connectivity index (χ1v) is 8.32. The molecule has 6 nitrogen and oxygen atoms in total. The van der Waals surface area contributed by atoms with E-state index in [0.717, 1.165) is 6.42 Å². The number of morpholine rings is 1. The van der Waals surface area contributed by atoms with E-state index in [1.807, 2.05) is 13.8 Å². The molecule has 1 aliphatic rings. The Morgan fingerprint density at radius 3 is 3.00 bits per heavy atom. The van der Waals surface area contributed by atoms with Gasteiger partial charge in [-0.15, -0.1) is 0 Å². The molecule has 0 aliphatic carbocycles. The fourth-order valence-corrected chi connectivity index (χ4v) is 4.11. The summed E-state index contributed by atoms with van der Waals surface area (Å²) in [7, 11) is -3.55. The predicted molar refractivity (Wildman–Crippen MR) is 77.2 cm³/mol. The first kappa shape index (κ1) is 15.2. The van der Waals surface area contributed by atoms with Crippen molar-refractivity contribution in [1.82, 2.24) is 9.29 Å². The molecule has 1 fully saturated rings.